The third-order valence-electron chi connectivity index (χ3n) is 2.99. The molecule has 0 aliphatic heterocycles. The summed E-state index contributed by atoms with van der Waals surface area (Å²) >= 11 is 0. The van der Waals surface area contributed by atoms with Gasteiger partial charge in [0.25, 0.3) is 0 Å². The molecular weight excluding hydrogens is 258 g/mol. The van der Waals surface area contributed by atoms with Crippen LogP contribution >= 0.6 is 0 Å². The van der Waals surface area contributed by atoms with Crippen LogP contribution in [0.5, 0.6) is 0 Å². The van der Waals surface area contributed by atoms with Crippen molar-refractivity contribution in [2.75, 3.05) is 20.3 Å². The van der Waals surface area contributed by atoms with E-state index in [0.717, 1.165) is 0 Å². The molecule has 0 saturated heterocycles. The summed E-state index contributed by atoms with van der Waals surface area (Å²) in [5, 5.41) is 11.9. The summed E-state index contributed by atoms with van der Waals surface area (Å²) in [4.78, 5) is 23.0. The van der Waals surface area contributed by atoms with Crippen molar-refractivity contribution in [2.45, 2.75) is 19.3 Å². The summed E-state index contributed by atoms with van der Waals surface area (Å²) in [5.41, 5.74) is 0.685. The molecule has 2 unspecified atom stereocenters. The minimum atomic E-state index is -0.943. The standard InChI is InChI=1S/C15H21NO4/c1-11(10-20-2)8-14(17)16-9-13(15(18)19)12-6-4-3-5-7-12/h3-7,11,13H,8-10H2,1-2H3,(H,16,17)(H,18,19). The van der Waals surface area contributed by atoms with Crippen LogP contribution in [0, 0.1) is 5.92 Å². The van der Waals surface area contributed by atoms with E-state index in [1.165, 1.54) is 0 Å². The molecule has 0 fully saturated rings. The first-order valence-electron chi connectivity index (χ1n) is 6.58. The molecule has 1 aromatic rings. The van der Waals surface area contributed by atoms with Gasteiger partial charge in [-0.1, -0.05) is 37.3 Å². The molecular formula is C15H21NO4. The van der Waals surface area contributed by atoms with Crippen LogP contribution in [0.2, 0.25) is 0 Å². The lowest BCUT2D eigenvalue weighted by atomic mass is 9.99. The minimum Gasteiger partial charge on any atom is -0.481 e. The largest absolute Gasteiger partial charge is 0.481 e. The topological polar surface area (TPSA) is 75.6 Å². The molecule has 2 atom stereocenters. The maximum Gasteiger partial charge on any atom is 0.312 e. The molecule has 0 bridgehead atoms. The van der Waals surface area contributed by atoms with Gasteiger partial charge in [-0.15, -0.1) is 0 Å². The van der Waals surface area contributed by atoms with Gasteiger partial charge in [0, 0.05) is 26.7 Å². The number of methoxy groups -OCH3 is 1. The normalized spacial score (nSPS) is 13.5. The van der Waals surface area contributed by atoms with Gasteiger partial charge in [-0.3, -0.25) is 9.59 Å². The fraction of sp³-hybridized carbons (Fsp3) is 0.467. The highest BCUT2D eigenvalue weighted by Crippen LogP contribution is 2.15. The number of aliphatic carboxylic acids is 1. The van der Waals surface area contributed by atoms with Gasteiger partial charge in [0.05, 0.1) is 5.92 Å². The zero-order valence-electron chi connectivity index (χ0n) is 11.8. The molecule has 0 heterocycles. The highest BCUT2D eigenvalue weighted by Gasteiger charge is 2.20. The van der Waals surface area contributed by atoms with Crippen LogP contribution < -0.4 is 5.32 Å². The Morgan fingerprint density at radius 2 is 1.95 bits per heavy atom. The number of carbonyl (C=O) groups excluding carboxylic acids is 1. The monoisotopic (exact) mass is 279 g/mol. The predicted octanol–water partition coefficient (Wildman–Crippen LogP) is 1.64. The van der Waals surface area contributed by atoms with Crippen LogP contribution in [0.3, 0.4) is 0 Å². The fourth-order valence-corrected chi connectivity index (χ4v) is 1.98. The number of amides is 1. The molecule has 0 aliphatic carbocycles. The number of nitrogens with one attached hydrogen (secondary N) is 1. The van der Waals surface area contributed by atoms with Crippen LogP contribution in [0.4, 0.5) is 0 Å². The molecule has 2 N–H and O–H groups in total. The molecule has 5 heteroatoms. The second kappa shape index (κ2) is 8.32. The van der Waals surface area contributed by atoms with Gasteiger partial charge in [0.2, 0.25) is 5.91 Å². The average Bonchev–Trinajstić information content (AvgIpc) is 2.40. The Morgan fingerprint density at radius 1 is 1.30 bits per heavy atom. The smallest absolute Gasteiger partial charge is 0.312 e. The van der Waals surface area contributed by atoms with Crippen LogP contribution in [0.25, 0.3) is 0 Å². The molecule has 1 aromatic carbocycles. The zero-order valence-corrected chi connectivity index (χ0v) is 11.8. The molecule has 0 saturated carbocycles. The van der Waals surface area contributed by atoms with Crippen molar-refractivity contribution in [2.24, 2.45) is 5.92 Å². The third-order valence-corrected chi connectivity index (χ3v) is 2.99. The molecule has 0 radical (unpaired) electrons. The number of carboxylic acids is 1. The van der Waals surface area contributed by atoms with E-state index in [2.05, 4.69) is 5.32 Å². The number of hydrogen-bond acceptors (Lipinski definition) is 3. The van der Waals surface area contributed by atoms with E-state index in [1.807, 2.05) is 13.0 Å². The first-order valence-corrected chi connectivity index (χ1v) is 6.58. The molecule has 0 aromatic heterocycles. The average molecular weight is 279 g/mol. The van der Waals surface area contributed by atoms with E-state index >= 15 is 0 Å². The summed E-state index contributed by atoms with van der Waals surface area (Å²) in [6.07, 6.45) is 0.328. The van der Waals surface area contributed by atoms with Crippen LogP contribution in [0.15, 0.2) is 30.3 Å². The van der Waals surface area contributed by atoms with Gasteiger partial charge in [0.15, 0.2) is 0 Å². The van der Waals surface area contributed by atoms with Crippen LogP contribution in [-0.4, -0.2) is 37.2 Å². The Hall–Kier alpha value is -1.88. The minimum absolute atomic E-state index is 0.0951. The van der Waals surface area contributed by atoms with E-state index in [9.17, 15) is 14.7 Å². The lowest BCUT2D eigenvalue weighted by molar-refractivity contribution is -0.138. The fourth-order valence-electron chi connectivity index (χ4n) is 1.98. The maximum atomic E-state index is 11.7. The van der Waals surface area contributed by atoms with Gasteiger partial charge in [0.1, 0.15) is 0 Å². The number of rotatable bonds is 8. The summed E-state index contributed by atoms with van der Waals surface area (Å²) in [5.74, 6) is -1.71. The van der Waals surface area contributed by atoms with Gasteiger partial charge >= 0.3 is 5.97 Å². The number of hydrogen-bond donors (Lipinski definition) is 2. The molecule has 1 amide bonds. The Bertz CT molecular complexity index is 433. The van der Waals surface area contributed by atoms with E-state index in [1.54, 1.807) is 31.4 Å². The first kappa shape index (κ1) is 16.2. The van der Waals surface area contributed by atoms with Crippen molar-refractivity contribution in [3.05, 3.63) is 35.9 Å². The summed E-state index contributed by atoms with van der Waals surface area (Å²) in [6, 6.07) is 8.89. The second-order valence-corrected chi connectivity index (χ2v) is 4.87. The zero-order chi connectivity index (χ0) is 15.0. The van der Waals surface area contributed by atoms with Crippen molar-refractivity contribution in [1.29, 1.82) is 0 Å². The lowest BCUT2D eigenvalue weighted by Crippen LogP contribution is -2.32. The SMILES string of the molecule is COCC(C)CC(=O)NCC(C(=O)O)c1ccccc1. The van der Waals surface area contributed by atoms with Gasteiger partial charge in [-0.25, -0.2) is 0 Å². The van der Waals surface area contributed by atoms with Gasteiger partial charge in [-0.2, -0.15) is 0 Å². The van der Waals surface area contributed by atoms with E-state index in [-0.39, 0.29) is 18.4 Å². The second-order valence-electron chi connectivity index (χ2n) is 4.87. The Kier molecular flexibility index (Phi) is 6.73. The quantitative estimate of drug-likeness (QED) is 0.758. The van der Waals surface area contributed by atoms with Crippen molar-refractivity contribution >= 4 is 11.9 Å². The van der Waals surface area contributed by atoms with Crippen molar-refractivity contribution < 1.29 is 19.4 Å². The van der Waals surface area contributed by atoms with Crippen molar-refractivity contribution in [3.8, 4) is 0 Å². The van der Waals surface area contributed by atoms with Gasteiger partial charge in [-0.05, 0) is 11.5 Å². The Balaban J connectivity index is 2.52. The lowest BCUT2D eigenvalue weighted by Gasteiger charge is -2.15. The maximum absolute atomic E-state index is 11.7. The van der Waals surface area contributed by atoms with Crippen molar-refractivity contribution in [1.82, 2.24) is 5.32 Å². The third kappa shape index (κ3) is 5.40. The molecule has 0 spiro atoms. The van der Waals surface area contributed by atoms with Crippen LogP contribution in [0.1, 0.15) is 24.8 Å². The highest BCUT2D eigenvalue weighted by molar-refractivity contribution is 5.79. The molecule has 110 valence electrons. The Morgan fingerprint density at radius 3 is 2.50 bits per heavy atom. The number of carboxylic acid groups (broad SMARTS) is 1. The predicted molar refractivity (Wildman–Crippen MR) is 75.5 cm³/mol. The summed E-state index contributed by atoms with van der Waals surface area (Å²) in [7, 11) is 1.59. The van der Waals surface area contributed by atoms with E-state index in [4.69, 9.17) is 4.74 Å². The summed E-state index contributed by atoms with van der Waals surface area (Å²) in [6.45, 7) is 2.52. The van der Waals surface area contributed by atoms with Gasteiger partial charge < -0.3 is 15.2 Å². The number of ether oxygens (including phenoxy) is 1. The number of benzene rings is 1. The van der Waals surface area contributed by atoms with E-state index < -0.39 is 11.9 Å². The molecule has 1 rings (SSSR count). The Labute approximate surface area is 118 Å². The number of carbonyl (C=O) groups is 2. The van der Waals surface area contributed by atoms with E-state index in [0.29, 0.717) is 18.6 Å². The van der Waals surface area contributed by atoms with Crippen molar-refractivity contribution in [3.63, 3.8) is 0 Å². The molecule has 5 nitrogen and oxygen atoms in total. The summed E-state index contributed by atoms with van der Waals surface area (Å²) < 4.78 is 4.96. The first-order chi connectivity index (χ1) is 9.54. The molecule has 0 aliphatic rings. The highest BCUT2D eigenvalue weighted by atomic mass is 16.5. The van der Waals surface area contributed by atoms with Crippen LogP contribution in [-0.2, 0) is 14.3 Å². The molecule has 20 heavy (non-hydrogen) atoms.